The van der Waals surface area contributed by atoms with Crippen LogP contribution in [-0.4, -0.2) is 23.6 Å². The normalized spacial score (nSPS) is 9.50. The maximum absolute atomic E-state index is 13.1. The largest absolute Gasteiger partial charge is 0.368 e. The molecular formula is C8H10FN5. The van der Waals surface area contributed by atoms with E-state index in [1.165, 1.54) is 4.90 Å². The first-order valence-corrected chi connectivity index (χ1v) is 4.01. The molecule has 1 aromatic heterocycles. The minimum absolute atomic E-state index is 0.0187. The van der Waals surface area contributed by atoms with Gasteiger partial charge < -0.3 is 10.6 Å². The van der Waals surface area contributed by atoms with Gasteiger partial charge >= 0.3 is 0 Å². The number of aromatic nitrogens is 2. The highest BCUT2D eigenvalue weighted by molar-refractivity contribution is 5.41. The van der Waals surface area contributed by atoms with Crippen LogP contribution in [0.4, 0.5) is 16.2 Å². The second-order valence-corrected chi connectivity index (χ2v) is 2.73. The number of hydrogen-bond acceptors (Lipinski definition) is 5. The van der Waals surface area contributed by atoms with Crippen molar-refractivity contribution in [2.75, 3.05) is 24.2 Å². The predicted octanol–water partition coefficient (Wildman–Crippen LogP) is 0.548. The lowest BCUT2D eigenvalue weighted by molar-refractivity contribution is 0.608. The van der Waals surface area contributed by atoms with Gasteiger partial charge in [-0.2, -0.15) is 10.2 Å². The summed E-state index contributed by atoms with van der Waals surface area (Å²) in [5, 5.41) is 8.36. The van der Waals surface area contributed by atoms with Gasteiger partial charge in [0.25, 0.3) is 0 Å². The average molecular weight is 195 g/mol. The molecule has 5 nitrogen and oxygen atoms in total. The number of hydrogen-bond donors (Lipinski definition) is 1. The topological polar surface area (TPSA) is 78.8 Å². The van der Waals surface area contributed by atoms with Gasteiger partial charge in [0, 0.05) is 13.6 Å². The molecule has 1 heterocycles. The number of halogens is 1. The van der Waals surface area contributed by atoms with Gasteiger partial charge in [-0.3, -0.25) is 0 Å². The molecule has 0 aliphatic rings. The summed E-state index contributed by atoms with van der Waals surface area (Å²) in [6.07, 6.45) is 1.32. The highest BCUT2D eigenvalue weighted by Gasteiger charge is 2.09. The third-order valence-electron chi connectivity index (χ3n) is 1.66. The molecule has 0 saturated carbocycles. The van der Waals surface area contributed by atoms with E-state index >= 15 is 0 Å². The molecule has 14 heavy (non-hydrogen) atoms. The lowest BCUT2D eigenvalue weighted by atomic mass is 10.4. The van der Waals surface area contributed by atoms with Crippen molar-refractivity contribution in [2.45, 2.75) is 6.42 Å². The van der Waals surface area contributed by atoms with E-state index in [1.54, 1.807) is 7.05 Å². The van der Waals surface area contributed by atoms with Crippen LogP contribution in [0.1, 0.15) is 6.42 Å². The second kappa shape index (κ2) is 4.37. The number of anilines is 2. The molecule has 0 aliphatic carbocycles. The zero-order valence-corrected chi connectivity index (χ0v) is 7.74. The van der Waals surface area contributed by atoms with Crippen LogP contribution < -0.4 is 10.6 Å². The Morgan fingerprint density at radius 3 is 3.07 bits per heavy atom. The first-order chi connectivity index (χ1) is 6.65. The van der Waals surface area contributed by atoms with Gasteiger partial charge in [-0.15, -0.1) is 0 Å². The van der Waals surface area contributed by atoms with Crippen LogP contribution in [0.2, 0.25) is 0 Å². The molecule has 1 aromatic rings. The smallest absolute Gasteiger partial charge is 0.222 e. The van der Waals surface area contributed by atoms with Crippen LogP contribution >= 0.6 is 0 Å². The molecule has 6 heteroatoms. The van der Waals surface area contributed by atoms with Crippen molar-refractivity contribution in [3.05, 3.63) is 12.0 Å². The van der Waals surface area contributed by atoms with Gasteiger partial charge in [-0.1, -0.05) is 0 Å². The van der Waals surface area contributed by atoms with Gasteiger partial charge in [0.05, 0.1) is 18.7 Å². The van der Waals surface area contributed by atoms with Gasteiger partial charge in [-0.05, 0) is 0 Å². The van der Waals surface area contributed by atoms with Crippen LogP contribution in [0.25, 0.3) is 0 Å². The quantitative estimate of drug-likeness (QED) is 0.761. The van der Waals surface area contributed by atoms with Gasteiger partial charge in [0.15, 0.2) is 11.6 Å². The van der Waals surface area contributed by atoms with Crippen molar-refractivity contribution >= 4 is 11.8 Å². The van der Waals surface area contributed by atoms with E-state index in [0.29, 0.717) is 13.0 Å². The molecule has 74 valence electrons. The SMILES string of the molecule is CN(CCC#N)c1nc(N)ncc1F. The van der Waals surface area contributed by atoms with Crippen LogP contribution in [0.5, 0.6) is 0 Å². The van der Waals surface area contributed by atoms with Gasteiger partial charge in [0.2, 0.25) is 5.95 Å². The predicted molar refractivity (Wildman–Crippen MR) is 49.9 cm³/mol. The van der Waals surface area contributed by atoms with Crippen LogP contribution in [0.15, 0.2) is 6.20 Å². The van der Waals surface area contributed by atoms with E-state index in [4.69, 9.17) is 11.0 Å². The summed E-state index contributed by atoms with van der Waals surface area (Å²) in [6, 6.07) is 1.96. The van der Waals surface area contributed by atoms with Crippen molar-refractivity contribution < 1.29 is 4.39 Å². The number of rotatable bonds is 3. The number of nitrogens with zero attached hydrogens (tertiary/aromatic N) is 4. The minimum atomic E-state index is -0.542. The first kappa shape index (κ1) is 10.2. The fourth-order valence-electron chi connectivity index (χ4n) is 0.963. The van der Waals surface area contributed by atoms with E-state index in [2.05, 4.69) is 9.97 Å². The fourth-order valence-corrected chi connectivity index (χ4v) is 0.963. The summed E-state index contributed by atoms with van der Waals surface area (Å²) >= 11 is 0. The maximum atomic E-state index is 13.1. The number of nitrogen functional groups attached to an aromatic ring is 1. The van der Waals surface area contributed by atoms with Crippen molar-refractivity contribution in [1.82, 2.24) is 9.97 Å². The Morgan fingerprint density at radius 2 is 2.43 bits per heavy atom. The highest BCUT2D eigenvalue weighted by Crippen LogP contribution is 2.14. The summed E-state index contributed by atoms with van der Waals surface area (Å²) in [4.78, 5) is 8.76. The molecule has 1 rings (SSSR count). The van der Waals surface area contributed by atoms with Gasteiger partial charge in [-0.25, -0.2) is 9.37 Å². The molecule has 0 saturated heterocycles. The van der Waals surface area contributed by atoms with Crippen molar-refractivity contribution in [3.63, 3.8) is 0 Å². The van der Waals surface area contributed by atoms with Crippen molar-refractivity contribution in [1.29, 1.82) is 5.26 Å². The van der Waals surface area contributed by atoms with Crippen LogP contribution in [0.3, 0.4) is 0 Å². The van der Waals surface area contributed by atoms with E-state index in [-0.39, 0.29) is 11.8 Å². The summed E-state index contributed by atoms with van der Waals surface area (Å²) < 4.78 is 13.1. The highest BCUT2D eigenvalue weighted by atomic mass is 19.1. The Balaban J connectivity index is 2.83. The molecule has 0 bridgehead atoms. The number of nitrogens with two attached hydrogens (primary N) is 1. The minimum Gasteiger partial charge on any atom is -0.368 e. The molecule has 0 aromatic carbocycles. The Labute approximate surface area is 81.0 Å². The molecule has 0 amide bonds. The molecule has 0 radical (unpaired) electrons. The van der Waals surface area contributed by atoms with E-state index in [1.807, 2.05) is 6.07 Å². The Kier molecular flexibility index (Phi) is 3.18. The molecule has 2 N–H and O–H groups in total. The standard InChI is InChI=1S/C8H10FN5/c1-14(4-2-3-10)7-6(9)5-12-8(11)13-7/h5H,2,4H2,1H3,(H2,11,12,13). The summed E-state index contributed by atoms with van der Waals surface area (Å²) in [6.45, 7) is 0.407. The summed E-state index contributed by atoms with van der Waals surface area (Å²) in [7, 11) is 1.64. The third-order valence-corrected chi connectivity index (χ3v) is 1.66. The average Bonchev–Trinajstić information content (AvgIpc) is 2.18. The molecule has 0 spiro atoms. The fraction of sp³-hybridized carbons (Fsp3) is 0.375. The number of nitriles is 1. The zero-order chi connectivity index (χ0) is 10.6. The molecule has 0 fully saturated rings. The second-order valence-electron chi connectivity index (χ2n) is 2.73. The maximum Gasteiger partial charge on any atom is 0.222 e. The Bertz CT molecular complexity index is 359. The monoisotopic (exact) mass is 195 g/mol. The van der Waals surface area contributed by atoms with Crippen LogP contribution in [-0.2, 0) is 0 Å². The molecule has 0 unspecified atom stereocenters. The summed E-state index contributed by atoms with van der Waals surface area (Å²) in [5.74, 6) is -0.405. The Hall–Kier alpha value is -1.90. The lowest BCUT2D eigenvalue weighted by Gasteiger charge is -2.16. The van der Waals surface area contributed by atoms with E-state index in [9.17, 15) is 4.39 Å². The summed E-state index contributed by atoms with van der Waals surface area (Å²) in [5.41, 5.74) is 5.31. The van der Waals surface area contributed by atoms with Crippen molar-refractivity contribution in [3.8, 4) is 6.07 Å². The van der Waals surface area contributed by atoms with E-state index < -0.39 is 5.82 Å². The molecule has 0 atom stereocenters. The Morgan fingerprint density at radius 1 is 1.71 bits per heavy atom. The zero-order valence-electron chi connectivity index (χ0n) is 7.74. The van der Waals surface area contributed by atoms with Crippen molar-refractivity contribution in [2.24, 2.45) is 0 Å². The molecule has 0 aliphatic heterocycles. The van der Waals surface area contributed by atoms with Gasteiger partial charge in [0.1, 0.15) is 0 Å². The van der Waals surface area contributed by atoms with Crippen LogP contribution in [0, 0.1) is 17.1 Å². The first-order valence-electron chi connectivity index (χ1n) is 4.01. The third kappa shape index (κ3) is 2.29. The lowest BCUT2D eigenvalue weighted by Crippen LogP contribution is -2.21. The molecular weight excluding hydrogens is 185 g/mol. The van der Waals surface area contributed by atoms with E-state index in [0.717, 1.165) is 6.20 Å².